The van der Waals surface area contributed by atoms with E-state index >= 15 is 0 Å². The predicted octanol–water partition coefficient (Wildman–Crippen LogP) is 6.06. The molecule has 0 aliphatic carbocycles. The van der Waals surface area contributed by atoms with Gasteiger partial charge in [0, 0.05) is 27.5 Å². The standard InChI is InChI=1S/C17H11BrCl2N2OS/c18-12-6-4-10(5-7-12)16(23)22-17-21-9-13(24-17)8-11-2-1-3-14(19)15(11)20/h1-7,9H,8H2,(H,21,22,23). The van der Waals surface area contributed by atoms with E-state index < -0.39 is 0 Å². The van der Waals surface area contributed by atoms with Gasteiger partial charge in [-0.2, -0.15) is 0 Å². The molecule has 0 bridgehead atoms. The van der Waals surface area contributed by atoms with Gasteiger partial charge in [-0.1, -0.05) is 51.3 Å². The number of benzene rings is 2. The van der Waals surface area contributed by atoms with Gasteiger partial charge in [-0.25, -0.2) is 4.98 Å². The second kappa shape index (κ2) is 7.66. The van der Waals surface area contributed by atoms with Gasteiger partial charge in [0.25, 0.3) is 5.91 Å². The van der Waals surface area contributed by atoms with Crippen LogP contribution in [0.25, 0.3) is 0 Å². The minimum Gasteiger partial charge on any atom is -0.298 e. The molecule has 0 radical (unpaired) electrons. The van der Waals surface area contributed by atoms with Crippen LogP contribution in [0.3, 0.4) is 0 Å². The average Bonchev–Trinajstić information content (AvgIpc) is 2.99. The summed E-state index contributed by atoms with van der Waals surface area (Å²) in [5.41, 5.74) is 1.51. The maximum atomic E-state index is 12.2. The Hall–Kier alpha value is -1.40. The largest absolute Gasteiger partial charge is 0.298 e. The van der Waals surface area contributed by atoms with Gasteiger partial charge in [-0.3, -0.25) is 10.1 Å². The second-order valence-corrected chi connectivity index (χ2v) is 7.80. The lowest BCUT2D eigenvalue weighted by Gasteiger charge is -2.03. The zero-order chi connectivity index (χ0) is 17.1. The number of carbonyl (C=O) groups excluding carboxylic acids is 1. The summed E-state index contributed by atoms with van der Waals surface area (Å²) in [4.78, 5) is 17.4. The van der Waals surface area contributed by atoms with Gasteiger partial charge in [-0.15, -0.1) is 11.3 Å². The highest BCUT2D eigenvalue weighted by Crippen LogP contribution is 2.29. The predicted molar refractivity (Wildman–Crippen MR) is 103 cm³/mol. The lowest BCUT2D eigenvalue weighted by Crippen LogP contribution is -2.11. The number of rotatable bonds is 4. The Kier molecular flexibility index (Phi) is 5.56. The molecule has 0 aliphatic heterocycles. The third-order valence-electron chi connectivity index (χ3n) is 3.28. The van der Waals surface area contributed by atoms with Crippen LogP contribution < -0.4 is 5.32 Å². The van der Waals surface area contributed by atoms with Crippen LogP contribution in [0, 0.1) is 0 Å². The molecule has 0 unspecified atom stereocenters. The number of anilines is 1. The van der Waals surface area contributed by atoms with Crippen molar-refractivity contribution in [3.63, 3.8) is 0 Å². The molecule has 1 amide bonds. The number of nitrogens with zero attached hydrogens (tertiary/aromatic N) is 1. The zero-order valence-corrected chi connectivity index (χ0v) is 16.1. The quantitative estimate of drug-likeness (QED) is 0.534. The van der Waals surface area contributed by atoms with Crippen LogP contribution in [0.4, 0.5) is 5.13 Å². The highest BCUT2D eigenvalue weighted by Gasteiger charge is 2.11. The molecule has 7 heteroatoms. The Labute approximate surface area is 161 Å². The van der Waals surface area contributed by atoms with Crippen LogP contribution >= 0.6 is 50.5 Å². The van der Waals surface area contributed by atoms with E-state index in [0.29, 0.717) is 27.2 Å². The third-order valence-corrected chi connectivity index (χ3v) is 5.58. The van der Waals surface area contributed by atoms with Crippen molar-refractivity contribution in [1.82, 2.24) is 4.98 Å². The number of halogens is 3. The van der Waals surface area contributed by atoms with Gasteiger partial charge >= 0.3 is 0 Å². The molecule has 3 nitrogen and oxygen atoms in total. The van der Waals surface area contributed by atoms with E-state index in [-0.39, 0.29) is 5.91 Å². The summed E-state index contributed by atoms with van der Waals surface area (Å²) in [7, 11) is 0. The van der Waals surface area contributed by atoms with Crippen LogP contribution in [0.5, 0.6) is 0 Å². The van der Waals surface area contributed by atoms with Gasteiger partial charge in [0.2, 0.25) is 0 Å². The second-order valence-electron chi connectivity index (χ2n) is 4.98. The first-order chi connectivity index (χ1) is 11.5. The molecule has 0 fully saturated rings. The van der Waals surface area contributed by atoms with Crippen LogP contribution in [0.1, 0.15) is 20.8 Å². The zero-order valence-electron chi connectivity index (χ0n) is 12.2. The summed E-state index contributed by atoms with van der Waals surface area (Å²) < 4.78 is 0.925. The first-order valence-electron chi connectivity index (χ1n) is 6.97. The van der Waals surface area contributed by atoms with E-state index in [1.165, 1.54) is 11.3 Å². The van der Waals surface area contributed by atoms with Crippen LogP contribution in [-0.2, 0) is 6.42 Å². The molecule has 1 aromatic heterocycles. The number of amides is 1. The number of hydrogen-bond donors (Lipinski definition) is 1. The van der Waals surface area contributed by atoms with Crippen LogP contribution in [-0.4, -0.2) is 10.9 Å². The Morgan fingerprint density at radius 3 is 2.67 bits per heavy atom. The lowest BCUT2D eigenvalue weighted by atomic mass is 10.1. The molecule has 1 N–H and O–H groups in total. The van der Waals surface area contributed by atoms with Crippen molar-refractivity contribution >= 4 is 61.5 Å². The van der Waals surface area contributed by atoms with Crippen molar-refractivity contribution in [3.8, 4) is 0 Å². The molecule has 3 rings (SSSR count). The summed E-state index contributed by atoms with van der Waals surface area (Å²) in [6, 6.07) is 12.7. The fraction of sp³-hybridized carbons (Fsp3) is 0.0588. The molecule has 0 aliphatic rings. The van der Waals surface area contributed by atoms with Crippen molar-refractivity contribution < 1.29 is 4.79 Å². The van der Waals surface area contributed by atoms with E-state index in [9.17, 15) is 4.79 Å². The maximum Gasteiger partial charge on any atom is 0.257 e. The number of nitrogens with one attached hydrogen (secondary N) is 1. The summed E-state index contributed by atoms with van der Waals surface area (Å²) in [6.07, 6.45) is 2.35. The molecular formula is C17H11BrCl2N2OS. The van der Waals surface area contributed by atoms with Crippen molar-refractivity contribution in [3.05, 3.63) is 79.2 Å². The first kappa shape index (κ1) is 17.4. The highest BCUT2D eigenvalue weighted by atomic mass is 79.9. The number of aromatic nitrogens is 1. The van der Waals surface area contributed by atoms with Gasteiger partial charge in [0.15, 0.2) is 5.13 Å². The van der Waals surface area contributed by atoms with E-state index in [4.69, 9.17) is 23.2 Å². The van der Waals surface area contributed by atoms with Gasteiger partial charge in [0.1, 0.15) is 0 Å². The lowest BCUT2D eigenvalue weighted by molar-refractivity contribution is 0.102. The maximum absolute atomic E-state index is 12.2. The fourth-order valence-electron chi connectivity index (χ4n) is 2.09. The molecule has 24 heavy (non-hydrogen) atoms. The van der Waals surface area contributed by atoms with E-state index in [2.05, 4.69) is 26.2 Å². The molecule has 2 aromatic carbocycles. The Morgan fingerprint density at radius 2 is 1.92 bits per heavy atom. The molecule has 122 valence electrons. The summed E-state index contributed by atoms with van der Waals surface area (Å²) in [6.45, 7) is 0. The van der Waals surface area contributed by atoms with E-state index in [1.807, 2.05) is 24.3 Å². The van der Waals surface area contributed by atoms with Crippen LogP contribution in [0.15, 0.2) is 53.1 Å². The molecule has 3 aromatic rings. The minimum atomic E-state index is -0.191. The molecular weight excluding hydrogens is 431 g/mol. The number of thiazole rings is 1. The van der Waals surface area contributed by atoms with Crippen molar-refractivity contribution in [1.29, 1.82) is 0 Å². The average molecular weight is 442 g/mol. The van der Waals surface area contributed by atoms with Crippen molar-refractivity contribution in [2.45, 2.75) is 6.42 Å². The van der Waals surface area contributed by atoms with Crippen molar-refractivity contribution in [2.75, 3.05) is 5.32 Å². The van der Waals surface area contributed by atoms with Gasteiger partial charge in [-0.05, 0) is 35.9 Å². The molecule has 0 atom stereocenters. The normalized spacial score (nSPS) is 10.6. The first-order valence-corrected chi connectivity index (χ1v) is 9.34. The molecule has 0 saturated heterocycles. The van der Waals surface area contributed by atoms with E-state index in [0.717, 1.165) is 14.9 Å². The third kappa shape index (κ3) is 4.16. The Balaban J connectivity index is 1.70. The Bertz CT molecular complexity index is 881. The summed E-state index contributed by atoms with van der Waals surface area (Å²) >= 11 is 17.0. The fourth-order valence-corrected chi connectivity index (χ4v) is 3.57. The van der Waals surface area contributed by atoms with Gasteiger partial charge in [0.05, 0.1) is 10.0 Å². The van der Waals surface area contributed by atoms with Crippen molar-refractivity contribution in [2.24, 2.45) is 0 Å². The number of hydrogen-bond acceptors (Lipinski definition) is 3. The smallest absolute Gasteiger partial charge is 0.257 e. The number of carbonyl (C=O) groups is 1. The minimum absolute atomic E-state index is 0.191. The SMILES string of the molecule is O=C(Nc1ncc(Cc2cccc(Cl)c2Cl)s1)c1ccc(Br)cc1. The highest BCUT2D eigenvalue weighted by molar-refractivity contribution is 9.10. The summed E-state index contributed by atoms with van der Waals surface area (Å²) in [5, 5.41) is 4.44. The monoisotopic (exact) mass is 440 g/mol. The van der Waals surface area contributed by atoms with Gasteiger partial charge < -0.3 is 0 Å². The van der Waals surface area contributed by atoms with Crippen LogP contribution in [0.2, 0.25) is 10.0 Å². The molecule has 1 heterocycles. The Morgan fingerprint density at radius 1 is 1.17 bits per heavy atom. The van der Waals surface area contributed by atoms with E-state index in [1.54, 1.807) is 24.4 Å². The molecule has 0 spiro atoms. The molecule has 0 saturated carbocycles. The topological polar surface area (TPSA) is 42.0 Å². The summed E-state index contributed by atoms with van der Waals surface area (Å²) in [5.74, 6) is -0.191.